The molecule has 3 heterocycles. The van der Waals surface area contributed by atoms with Crippen LogP contribution in [0, 0.1) is 26.7 Å². The molecule has 4 aromatic rings. The van der Waals surface area contributed by atoms with Gasteiger partial charge in [0.05, 0.1) is 22.0 Å². The number of carbonyl (C=O) groups excluding carboxylic acids is 1. The molecule has 1 aliphatic heterocycles. The van der Waals surface area contributed by atoms with Crippen LogP contribution in [0.15, 0.2) is 48.5 Å². The Morgan fingerprint density at radius 1 is 1.12 bits per heavy atom. The van der Waals surface area contributed by atoms with Crippen molar-refractivity contribution >= 4 is 32.7 Å². The highest BCUT2D eigenvalue weighted by atomic mass is 32.1. The number of thiazole rings is 1. The first kappa shape index (κ1) is 21.6. The predicted octanol–water partition coefficient (Wildman–Crippen LogP) is 4.94. The van der Waals surface area contributed by atoms with E-state index in [9.17, 15) is 4.79 Å². The number of rotatable bonds is 5. The third-order valence-corrected chi connectivity index (χ3v) is 7.48. The van der Waals surface area contributed by atoms with E-state index in [2.05, 4.69) is 66.5 Å². The summed E-state index contributed by atoms with van der Waals surface area (Å²) in [6.45, 7) is 8.39. The summed E-state index contributed by atoms with van der Waals surface area (Å²) in [6, 6.07) is 16.6. The largest absolute Gasteiger partial charge is 0.352 e. The van der Waals surface area contributed by atoms with E-state index in [1.807, 2.05) is 17.7 Å². The normalized spacial score (nSPS) is 16.3. The maximum Gasteiger partial charge on any atom is 0.225 e. The molecule has 2 aromatic heterocycles. The Bertz CT molecular complexity index is 1290. The van der Waals surface area contributed by atoms with E-state index in [0.717, 1.165) is 51.8 Å². The second-order valence-electron chi connectivity index (χ2n) is 8.97. The van der Waals surface area contributed by atoms with Gasteiger partial charge in [-0.1, -0.05) is 58.9 Å². The first-order chi connectivity index (χ1) is 16.0. The van der Waals surface area contributed by atoms with Crippen molar-refractivity contribution in [3.63, 3.8) is 0 Å². The number of benzene rings is 2. The molecule has 1 N–H and O–H groups in total. The number of hydrogen-bond donors (Lipinski definition) is 1. The predicted molar refractivity (Wildman–Crippen MR) is 134 cm³/mol. The molecular formula is C26H29N5OS. The van der Waals surface area contributed by atoms with Gasteiger partial charge in [-0.05, 0) is 51.3 Å². The van der Waals surface area contributed by atoms with Gasteiger partial charge in [0.2, 0.25) is 5.91 Å². The molecule has 6 nitrogen and oxygen atoms in total. The highest BCUT2D eigenvalue weighted by Crippen LogP contribution is 2.34. The first-order valence-corrected chi connectivity index (χ1v) is 12.3. The van der Waals surface area contributed by atoms with Crippen LogP contribution in [0.4, 0.5) is 5.13 Å². The molecule has 0 aliphatic carbocycles. The number of anilines is 1. The van der Waals surface area contributed by atoms with Gasteiger partial charge in [0, 0.05) is 19.6 Å². The summed E-state index contributed by atoms with van der Waals surface area (Å²) in [4.78, 5) is 20.1. The van der Waals surface area contributed by atoms with E-state index in [1.165, 1.54) is 11.1 Å². The van der Waals surface area contributed by atoms with Crippen molar-refractivity contribution in [2.75, 3.05) is 18.0 Å². The van der Waals surface area contributed by atoms with Crippen LogP contribution in [0.25, 0.3) is 16.0 Å². The van der Waals surface area contributed by atoms with Gasteiger partial charge >= 0.3 is 0 Å². The monoisotopic (exact) mass is 459 g/mol. The number of carbonyl (C=O) groups is 1. The lowest BCUT2D eigenvalue weighted by Crippen LogP contribution is -2.43. The van der Waals surface area contributed by atoms with Crippen LogP contribution in [0.5, 0.6) is 0 Å². The molecule has 0 saturated carbocycles. The maximum atomic E-state index is 12.9. The molecule has 0 unspecified atom stereocenters. The van der Waals surface area contributed by atoms with Crippen molar-refractivity contribution in [2.24, 2.45) is 5.92 Å². The van der Waals surface area contributed by atoms with Crippen LogP contribution < -0.4 is 10.2 Å². The quantitative estimate of drug-likeness (QED) is 0.459. The van der Waals surface area contributed by atoms with E-state index in [4.69, 9.17) is 10.1 Å². The maximum absolute atomic E-state index is 12.9. The second-order valence-corrected chi connectivity index (χ2v) is 9.95. The Labute approximate surface area is 198 Å². The Morgan fingerprint density at radius 3 is 2.73 bits per heavy atom. The highest BCUT2D eigenvalue weighted by molar-refractivity contribution is 7.22. The molecule has 0 bridgehead atoms. The van der Waals surface area contributed by atoms with Gasteiger partial charge in [0.25, 0.3) is 0 Å². The fourth-order valence-corrected chi connectivity index (χ4v) is 5.47. The molecule has 1 aliphatic rings. The SMILES string of the molecule is Cc1ccc(-n2nc(C)c3sc(N4CCC[C@H](C(=O)NCc5cccc(C)c5)C4)nc32)cc1. The average Bonchev–Trinajstić information content (AvgIpc) is 3.39. The summed E-state index contributed by atoms with van der Waals surface area (Å²) >= 11 is 1.67. The average molecular weight is 460 g/mol. The van der Waals surface area contributed by atoms with Crippen molar-refractivity contribution in [2.45, 2.75) is 40.2 Å². The van der Waals surface area contributed by atoms with Gasteiger partial charge in [0.1, 0.15) is 0 Å². The summed E-state index contributed by atoms with van der Waals surface area (Å²) in [5.41, 5.74) is 6.46. The minimum absolute atomic E-state index is 0.0229. The highest BCUT2D eigenvalue weighted by Gasteiger charge is 2.28. The van der Waals surface area contributed by atoms with Crippen LogP contribution in [0.3, 0.4) is 0 Å². The number of amides is 1. The molecule has 1 atom stereocenters. The topological polar surface area (TPSA) is 63.1 Å². The fraction of sp³-hybridized carbons (Fsp3) is 0.346. The van der Waals surface area contributed by atoms with Crippen LogP contribution in [0.1, 0.15) is 35.2 Å². The van der Waals surface area contributed by atoms with Crippen molar-refractivity contribution in [3.05, 3.63) is 70.9 Å². The number of nitrogens with zero attached hydrogens (tertiary/aromatic N) is 4. The summed E-state index contributed by atoms with van der Waals surface area (Å²) in [7, 11) is 0. The molecule has 1 fully saturated rings. The molecule has 170 valence electrons. The molecule has 5 rings (SSSR count). The molecular weight excluding hydrogens is 430 g/mol. The lowest BCUT2D eigenvalue weighted by molar-refractivity contribution is -0.125. The van der Waals surface area contributed by atoms with Gasteiger partial charge in [-0.2, -0.15) is 10.1 Å². The molecule has 2 aromatic carbocycles. The zero-order chi connectivity index (χ0) is 22.9. The third kappa shape index (κ3) is 4.50. The Balaban J connectivity index is 1.32. The molecule has 0 spiro atoms. The van der Waals surface area contributed by atoms with Crippen molar-refractivity contribution in [3.8, 4) is 5.69 Å². The van der Waals surface area contributed by atoms with E-state index < -0.39 is 0 Å². The summed E-state index contributed by atoms with van der Waals surface area (Å²) in [5.74, 6) is 0.106. The molecule has 1 amide bonds. The van der Waals surface area contributed by atoms with E-state index >= 15 is 0 Å². The minimum Gasteiger partial charge on any atom is -0.352 e. The Kier molecular flexibility index (Phi) is 5.89. The van der Waals surface area contributed by atoms with E-state index in [0.29, 0.717) is 13.1 Å². The van der Waals surface area contributed by atoms with Gasteiger partial charge in [-0.25, -0.2) is 4.68 Å². The lowest BCUT2D eigenvalue weighted by atomic mass is 9.97. The fourth-order valence-electron chi connectivity index (χ4n) is 4.44. The van der Waals surface area contributed by atoms with E-state index in [-0.39, 0.29) is 11.8 Å². The van der Waals surface area contributed by atoms with Crippen LogP contribution in [0.2, 0.25) is 0 Å². The standard InChI is InChI=1S/C26H29N5OS/c1-17-9-11-22(12-10-17)31-24-23(19(3)29-31)33-26(28-24)30-13-5-8-21(16-30)25(32)27-15-20-7-4-6-18(2)14-20/h4,6-7,9-12,14,21H,5,8,13,15-16H2,1-3H3,(H,27,32)/t21-/m0/s1. The molecule has 0 radical (unpaired) electrons. The zero-order valence-corrected chi connectivity index (χ0v) is 20.2. The molecule has 7 heteroatoms. The number of aromatic nitrogens is 3. The minimum atomic E-state index is -0.0229. The Morgan fingerprint density at radius 2 is 1.94 bits per heavy atom. The van der Waals surface area contributed by atoms with Crippen molar-refractivity contribution < 1.29 is 4.79 Å². The second kappa shape index (κ2) is 8.98. The lowest BCUT2D eigenvalue weighted by Gasteiger charge is -2.31. The van der Waals surface area contributed by atoms with Gasteiger partial charge < -0.3 is 10.2 Å². The third-order valence-electron chi connectivity index (χ3n) is 6.27. The van der Waals surface area contributed by atoms with Gasteiger partial charge in [-0.15, -0.1) is 0 Å². The summed E-state index contributed by atoms with van der Waals surface area (Å²) in [6.07, 6.45) is 1.90. The first-order valence-electron chi connectivity index (χ1n) is 11.5. The number of nitrogens with one attached hydrogen (secondary N) is 1. The van der Waals surface area contributed by atoms with Crippen molar-refractivity contribution in [1.29, 1.82) is 0 Å². The van der Waals surface area contributed by atoms with E-state index in [1.54, 1.807) is 11.3 Å². The van der Waals surface area contributed by atoms with Gasteiger partial charge in [0.15, 0.2) is 10.8 Å². The van der Waals surface area contributed by atoms with Crippen LogP contribution in [-0.4, -0.2) is 33.8 Å². The van der Waals surface area contributed by atoms with Crippen LogP contribution >= 0.6 is 11.3 Å². The molecule has 1 saturated heterocycles. The number of aryl methyl sites for hydroxylation is 3. The van der Waals surface area contributed by atoms with Crippen LogP contribution in [-0.2, 0) is 11.3 Å². The summed E-state index contributed by atoms with van der Waals surface area (Å²) < 4.78 is 3.04. The summed E-state index contributed by atoms with van der Waals surface area (Å²) in [5, 5.41) is 8.83. The number of piperidine rings is 1. The molecule has 33 heavy (non-hydrogen) atoms. The zero-order valence-electron chi connectivity index (χ0n) is 19.3. The smallest absolute Gasteiger partial charge is 0.225 e. The number of fused-ring (bicyclic) bond motifs is 1. The van der Waals surface area contributed by atoms with Gasteiger partial charge in [-0.3, -0.25) is 4.79 Å². The van der Waals surface area contributed by atoms with Crippen molar-refractivity contribution in [1.82, 2.24) is 20.1 Å². The Hall–Kier alpha value is -3.19. The number of hydrogen-bond acceptors (Lipinski definition) is 5.